The van der Waals surface area contributed by atoms with Gasteiger partial charge in [0.25, 0.3) is 0 Å². The fraction of sp³-hybridized carbons (Fsp3) is 0.925. The summed E-state index contributed by atoms with van der Waals surface area (Å²) in [5.74, 6) is -0.152. The Balaban J connectivity index is 3.67. The summed E-state index contributed by atoms with van der Waals surface area (Å²) in [6.07, 6.45) is 40.2. The summed E-state index contributed by atoms with van der Waals surface area (Å²) in [5.41, 5.74) is 0. The Bertz CT molecular complexity index is 625. The molecule has 0 aromatic rings. The molecule has 3 unspecified atom stereocenters. The van der Waals surface area contributed by atoms with Gasteiger partial charge in [0.2, 0.25) is 5.91 Å². The minimum Gasteiger partial charge on any atom is -0.394 e. The highest BCUT2D eigenvalue weighted by Gasteiger charge is 2.26. The van der Waals surface area contributed by atoms with Crippen LogP contribution in [0, 0.1) is 0 Å². The molecule has 0 aliphatic rings. The molecule has 0 bridgehead atoms. The number of hydrogen-bond donors (Lipinski definition) is 4. The molecule has 45 heavy (non-hydrogen) atoms. The molecule has 0 aromatic carbocycles. The molecule has 1 amide bonds. The lowest BCUT2D eigenvalue weighted by Gasteiger charge is -2.26. The van der Waals surface area contributed by atoms with Gasteiger partial charge in [0.15, 0.2) is 0 Å². The van der Waals surface area contributed by atoms with E-state index < -0.39 is 18.2 Å². The van der Waals surface area contributed by atoms with E-state index in [0.717, 1.165) is 38.5 Å². The van der Waals surface area contributed by atoms with Gasteiger partial charge in [-0.15, -0.1) is 0 Å². The Morgan fingerprint density at radius 3 is 1.29 bits per heavy atom. The van der Waals surface area contributed by atoms with Crippen LogP contribution in [0.1, 0.15) is 213 Å². The van der Waals surface area contributed by atoms with E-state index in [1.54, 1.807) is 0 Å². The van der Waals surface area contributed by atoms with Crippen molar-refractivity contribution in [3.63, 3.8) is 0 Å². The molecule has 0 aliphatic heterocycles. The molecule has 0 saturated heterocycles. The van der Waals surface area contributed by atoms with E-state index >= 15 is 0 Å². The van der Waals surface area contributed by atoms with Crippen LogP contribution in [-0.4, -0.2) is 46.1 Å². The van der Waals surface area contributed by atoms with Crippen molar-refractivity contribution in [1.82, 2.24) is 5.32 Å². The third kappa shape index (κ3) is 31.5. The molecular formula is C40H79NO4. The van der Waals surface area contributed by atoms with Gasteiger partial charge in [-0.25, -0.2) is 0 Å². The first-order valence-corrected chi connectivity index (χ1v) is 20.0. The highest BCUT2D eigenvalue weighted by atomic mass is 16.3. The van der Waals surface area contributed by atoms with Crippen LogP contribution in [0.3, 0.4) is 0 Å². The molecule has 0 saturated carbocycles. The number of carbonyl (C=O) groups excluding carboxylic acids is 1. The maximum atomic E-state index is 12.4. The summed E-state index contributed by atoms with van der Waals surface area (Å²) in [6.45, 7) is 4.16. The predicted octanol–water partition coefficient (Wildman–Crippen LogP) is 10.9. The molecule has 4 N–H and O–H groups in total. The van der Waals surface area contributed by atoms with Crippen molar-refractivity contribution in [2.24, 2.45) is 0 Å². The Kier molecular flexibility index (Phi) is 35.2. The fourth-order valence-corrected chi connectivity index (χ4v) is 6.22. The second kappa shape index (κ2) is 35.9. The highest BCUT2D eigenvalue weighted by molar-refractivity contribution is 5.76. The van der Waals surface area contributed by atoms with Crippen LogP contribution in [0.4, 0.5) is 0 Å². The number of unbranched alkanes of at least 4 members (excludes halogenated alkanes) is 26. The Labute approximate surface area is 280 Å². The van der Waals surface area contributed by atoms with Crippen LogP contribution in [0.25, 0.3) is 0 Å². The summed E-state index contributed by atoms with van der Waals surface area (Å²) in [4.78, 5) is 12.4. The Hall–Kier alpha value is -0.910. The third-order valence-electron chi connectivity index (χ3n) is 9.37. The molecule has 0 radical (unpaired) electrons. The lowest BCUT2D eigenvalue weighted by molar-refractivity contribution is -0.124. The van der Waals surface area contributed by atoms with Gasteiger partial charge in [-0.1, -0.05) is 180 Å². The zero-order valence-corrected chi connectivity index (χ0v) is 30.3. The van der Waals surface area contributed by atoms with E-state index in [9.17, 15) is 20.1 Å². The van der Waals surface area contributed by atoms with Gasteiger partial charge in [-0.2, -0.15) is 0 Å². The fourth-order valence-electron chi connectivity index (χ4n) is 6.22. The second-order valence-electron chi connectivity index (χ2n) is 13.8. The summed E-state index contributed by atoms with van der Waals surface area (Å²) >= 11 is 0. The summed E-state index contributed by atoms with van der Waals surface area (Å²) < 4.78 is 0. The standard InChI is InChI=1S/C40H79NO4/c1-3-5-7-9-11-13-15-17-19-20-21-23-25-27-29-31-33-35-39(44)41-37(36-42)40(45)38(43)34-32-30-28-26-24-22-18-16-14-12-10-8-6-4-2/h26,28,37-38,40,42-43,45H,3-25,27,29-36H2,1-2H3,(H,41,44)/b28-26+. The largest absolute Gasteiger partial charge is 0.394 e. The smallest absolute Gasteiger partial charge is 0.220 e. The Morgan fingerprint density at radius 2 is 0.889 bits per heavy atom. The number of allylic oxidation sites excluding steroid dienone is 2. The van der Waals surface area contributed by atoms with Crippen LogP contribution in [-0.2, 0) is 4.79 Å². The molecular weight excluding hydrogens is 558 g/mol. The van der Waals surface area contributed by atoms with Gasteiger partial charge in [0, 0.05) is 6.42 Å². The number of aliphatic hydroxyl groups is 3. The van der Waals surface area contributed by atoms with Crippen molar-refractivity contribution >= 4 is 5.91 Å². The lowest BCUT2D eigenvalue weighted by Crippen LogP contribution is -2.50. The number of aliphatic hydroxyl groups excluding tert-OH is 3. The van der Waals surface area contributed by atoms with E-state index in [1.165, 1.54) is 148 Å². The molecule has 5 nitrogen and oxygen atoms in total. The third-order valence-corrected chi connectivity index (χ3v) is 9.37. The molecule has 0 heterocycles. The van der Waals surface area contributed by atoms with Crippen LogP contribution >= 0.6 is 0 Å². The van der Waals surface area contributed by atoms with Crippen molar-refractivity contribution in [2.45, 2.75) is 231 Å². The van der Waals surface area contributed by atoms with Gasteiger partial charge >= 0.3 is 0 Å². The van der Waals surface area contributed by atoms with Crippen molar-refractivity contribution in [3.05, 3.63) is 12.2 Å². The SMILES string of the molecule is CCCCCCCCCCC/C=C/CCCC(O)C(O)C(CO)NC(=O)CCCCCCCCCCCCCCCCCCC. The van der Waals surface area contributed by atoms with E-state index in [0.29, 0.717) is 12.8 Å². The van der Waals surface area contributed by atoms with Gasteiger partial charge in [-0.05, 0) is 38.5 Å². The van der Waals surface area contributed by atoms with Crippen molar-refractivity contribution < 1.29 is 20.1 Å². The minimum atomic E-state index is -1.15. The van der Waals surface area contributed by atoms with Crippen molar-refractivity contribution in [2.75, 3.05) is 6.61 Å². The van der Waals surface area contributed by atoms with E-state index in [1.807, 2.05) is 0 Å². The second-order valence-corrected chi connectivity index (χ2v) is 13.8. The van der Waals surface area contributed by atoms with E-state index in [-0.39, 0.29) is 12.5 Å². The van der Waals surface area contributed by atoms with Crippen LogP contribution < -0.4 is 5.32 Å². The maximum absolute atomic E-state index is 12.4. The zero-order valence-electron chi connectivity index (χ0n) is 30.3. The number of hydrogen-bond acceptors (Lipinski definition) is 4. The van der Waals surface area contributed by atoms with Crippen LogP contribution in [0.5, 0.6) is 0 Å². The zero-order chi connectivity index (χ0) is 33.1. The maximum Gasteiger partial charge on any atom is 0.220 e. The van der Waals surface area contributed by atoms with Crippen LogP contribution in [0.15, 0.2) is 12.2 Å². The first-order valence-electron chi connectivity index (χ1n) is 20.0. The first kappa shape index (κ1) is 44.1. The molecule has 5 heteroatoms. The number of amides is 1. The normalized spacial score (nSPS) is 13.8. The molecule has 3 atom stereocenters. The van der Waals surface area contributed by atoms with Crippen molar-refractivity contribution in [1.29, 1.82) is 0 Å². The number of carbonyl (C=O) groups is 1. The molecule has 268 valence electrons. The van der Waals surface area contributed by atoms with Gasteiger partial charge in [0.05, 0.1) is 18.8 Å². The molecule has 0 fully saturated rings. The predicted molar refractivity (Wildman–Crippen MR) is 195 cm³/mol. The topological polar surface area (TPSA) is 89.8 Å². The van der Waals surface area contributed by atoms with Gasteiger partial charge in [-0.3, -0.25) is 4.79 Å². The monoisotopic (exact) mass is 638 g/mol. The number of nitrogens with one attached hydrogen (secondary N) is 1. The Morgan fingerprint density at radius 1 is 0.533 bits per heavy atom. The number of rotatable bonds is 36. The molecule has 0 aromatic heterocycles. The summed E-state index contributed by atoms with van der Waals surface area (Å²) in [5, 5.41) is 33.4. The molecule has 0 aliphatic carbocycles. The average molecular weight is 638 g/mol. The van der Waals surface area contributed by atoms with Gasteiger partial charge < -0.3 is 20.6 Å². The molecule has 0 spiro atoms. The first-order chi connectivity index (χ1) is 22.1. The van der Waals surface area contributed by atoms with E-state index in [4.69, 9.17) is 0 Å². The van der Waals surface area contributed by atoms with Gasteiger partial charge in [0.1, 0.15) is 6.10 Å². The summed E-state index contributed by atoms with van der Waals surface area (Å²) in [7, 11) is 0. The summed E-state index contributed by atoms with van der Waals surface area (Å²) in [6, 6.07) is -0.819. The quantitative estimate of drug-likeness (QED) is 0.0406. The molecule has 0 rings (SSSR count). The lowest BCUT2D eigenvalue weighted by atomic mass is 10.0. The average Bonchev–Trinajstić information content (AvgIpc) is 3.04. The van der Waals surface area contributed by atoms with Crippen LogP contribution in [0.2, 0.25) is 0 Å². The highest BCUT2D eigenvalue weighted by Crippen LogP contribution is 2.15. The van der Waals surface area contributed by atoms with Crippen molar-refractivity contribution in [3.8, 4) is 0 Å². The van der Waals surface area contributed by atoms with E-state index in [2.05, 4.69) is 31.3 Å². The minimum absolute atomic E-state index is 0.152.